The van der Waals surface area contributed by atoms with Crippen LogP contribution in [0, 0.1) is 5.82 Å². The highest BCUT2D eigenvalue weighted by molar-refractivity contribution is 5.40. The maximum absolute atomic E-state index is 13.7. The molecule has 4 heteroatoms. The Morgan fingerprint density at radius 3 is 3.12 bits per heavy atom. The number of ether oxygens (including phenoxy) is 1. The monoisotopic (exact) mass is 238 g/mol. The van der Waals surface area contributed by atoms with Gasteiger partial charge in [-0.05, 0) is 25.5 Å². The van der Waals surface area contributed by atoms with Crippen molar-refractivity contribution < 1.29 is 9.13 Å². The zero-order chi connectivity index (χ0) is 12.3. The van der Waals surface area contributed by atoms with Gasteiger partial charge in [0.25, 0.3) is 0 Å². The van der Waals surface area contributed by atoms with Gasteiger partial charge in [-0.25, -0.2) is 4.39 Å². The molecule has 94 valence electrons. The van der Waals surface area contributed by atoms with Gasteiger partial charge < -0.3 is 10.5 Å². The molecule has 3 nitrogen and oxygen atoms in total. The second-order valence-corrected chi connectivity index (χ2v) is 4.62. The average Bonchev–Trinajstić information content (AvgIpc) is 2.47. The molecule has 0 saturated carbocycles. The molecule has 0 spiro atoms. The summed E-state index contributed by atoms with van der Waals surface area (Å²) in [5.74, 6) is -0.220. The third kappa shape index (κ3) is 3.41. The van der Waals surface area contributed by atoms with Crippen molar-refractivity contribution in [1.29, 1.82) is 0 Å². The van der Waals surface area contributed by atoms with Crippen LogP contribution in [0.15, 0.2) is 18.2 Å². The van der Waals surface area contributed by atoms with Gasteiger partial charge in [-0.1, -0.05) is 6.07 Å². The summed E-state index contributed by atoms with van der Waals surface area (Å²) in [6.45, 7) is 5.28. The van der Waals surface area contributed by atoms with Crippen molar-refractivity contribution in [3.8, 4) is 0 Å². The summed E-state index contributed by atoms with van der Waals surface area (Å²) in [6, 6.07) is 4.89. The molecule has 2 rings (SSSR count). The molecule has 0 radical (unpaired) electrons. The van der Waals surface area contributed by atoms with Crippen LogP contribution in [0.2, 0.25) is 0 Å². The van der Waals surface area contributed by atoms with E-state index in [0.717, 1.165) is 26.1 Å². The van der Waals surface area contributed by atoms with Crippen molar-refractivity contribution in [2.24, 2.45) is 0 Å². The Morgan fingerprint density at radius 1 is 1.53 bits per heavy atom. The third-order valence-electron chi connectivity index (χ3n) is 3.01. The standard InChI is InChI=1S/C13H19FN2O/c1-10-8-16(5-2-6-17-10)9-11-3-4-12(15)7-13(11)14/h3-4,7,10H,2,5-6,8-9,15H2,1H3. The summed E-state index contributed by atoms with van der Waals surface area (Å²) < 4.78 is 19.2. The molecule has 1 saturated heterocycles. The zero-order valence-electron chi connectivity index (χ0n) is 10.2. The number of rotatable bonds is 2. The molecule has 0 amide bonds. The predicted molar refractivity (Wildman–Crippen MR) is 66.1 cm³/mol. The van der Waals surface area contributed by atoms with E-state index in [0.29, 0.717) is 17.8 Å². The van der Waals surface area contributed by atoms with E-state index in [9.17, 15) is 4.39 Å². The number of hydrogen-bond acceptors (Lipinski definition) is 3. The summed E-state index contributed by atoms with van der Waals surface area (Å²) in [7, 11) is 0. The molecule has 0 aliphatic carbocycles. The molecule has 1 aromatic carbocycles. The van der Waals surface area contributed by atoms with Crippen molar-refractivity contribution >= 4 is 5.69 Å². The van der Waals surface area contributed by atoms with Crippen LogP contribution >= 0.6 is 0 Å². The highest BCUT2D eigenvalue weighted by Gasteiger charge is 2.16. The van der Waals surface area contributed by atoms with E-state index in [1.807, 2.05) is 0 Å². The topological polar surface area (TPSA) is 38.5 Å². The van der Waals surface area contributed by atoms with Crippen LogP contribution in [0.1, 0.15) is 18.9 Å². The normalized spacial score (nSPS) is 22.4. The van der Waals surface area contributed by atoms with Crippen molar-refractivity contribution in [2.75, 3.05) is 25.4 Å². The number of hydrogen-bond donors (Lipinski definition) is 1. The Bertz CT molecular complexity index is 384. The first kappa shape index (κ1) is 12.3. The molecule has 0 bridgehead atoms. The maximum Gasteiger partial charge on any atom is 0.129 e. The molecular weight excluding hydrogens is 219 g/mol. The lowest BCUT2D eigenvalue weighted by molar-refractivity contribution is 0.0666. The van der Waals surface area contributed by atoms with E-state index in [4.69, 9.17) is 10.5 Å². The highest BCUT2D eigenvalue weighted by atomic mass is 19.1. The van der Waals surface area contributed by atoms with Gasteiger partial charge in [0, 0.05) is 37.5 Å². The Hall–Kier alpha value is -1.13. The molecule has 1 fully saturated rings. The van der Waals surface area contributed by atoms with Crippen LogP contribution in [-0.2, 0) is 11.3 Å². The van der Waals surface area contributed by atoms with Crippen molar-refractivity contribution in [3.05, 3.63) is 29.6 Å². The van der Waals surface area contributed by atoms with Crippen LogP contribution in [0.5, 0.6) is 0 Å². The quantitative estimate of drug-likeness (QED) is 0.801. The smallest absolute Gasteiger partial charge is 0.129 e. The summed E-state index contributed by atoms with van der Waals surface area (Å²) in [5, 5.41) is 0. The SMILES string of the molecule is CC1CN(Cc2ccc(N)cc2F)CCCO1. The molecular formula is C13H19FN2O. The highest BCUT2D eigenvalue weighted by Crippen LogP contribution is 2.16. The second-order valence-electron chi connectivity index (χ2n) is 4.62. The van der Waals surface area contributed by atoms with Crippen molar-refractivity contribution in [3.63, 3.8) is 0 Å². The minimum atomic E-state index is -0.220. The van der Waals surface area contributed by atoms with Crippen LogP contribution in [0.3, 0.4) is 0 Å². The van der Waals surface area contributed by atoms with E-state index < -0.39 is 0 Å². The summed E-state index contributed by atoms with van der Waals surface area (Å²) in [6.07, 6.45) is 1.22. The molecule has 17 heavy (non-hydrogen) atoms. The van der Waals surface area contributed by atoms with E-state index in [2.05, 4.69) is 11.8 Å². The lowest BCUT2D eigenvalue weighted by atomic mass is 10.1. The fourth-order valence-electron chi connectivity index (χ4n) is 2.16. The van der Waals surface area contributed by atoms with Gasteiger partial charge >= 0.3 is 0 Å². The van der Waals surface area contributed by atoms with Gasteiger partial charge in [0.15, 0.2) is 0 Å². The van der Waals surface area contributed by atoms with Crippen LogP contribution < -0.4 is 5.73 Å². The Kier molecular flexibility index (Phi) is 3.97. The maximum atomic E-state index is 13.7. The predicted octanol–water partition coefficient (Wildman–Crippen LogP) is 2.02. The number of anilines is 1. The average molecular weight is 238 g/mol. The van der Waals surface area contributed by atoms with Gasteiger partial charge in [0.2, 0.25) is 0 Å². The number of benzene rings is 1. The van der Waals surface area contributed by atoms with Crippen LogP contribution in [-0.4, -0.2) is 30.7 Å². The largest absolute Gasteiger partial charge is 0.399 e. The molecule has 1 unspecified atom stereocenters. The number of nitrogens with zero attached hydrogens (tertiary/aromatic N) is 1. The fraction of sp³-hybridized carbons (Fsp3) is 0.538. The fourth-order valence-corrected chi connectivity index (χ4v) is 2.16. The van der Waals surface area contributed by atoms with Gasteiger partial charge in [-0.15, -0.1) is 0 Å². The Morgan fingerprint density at radius 2 is 2.35 bits per heavy atom. The summed E-state index contributed by atoms with van der Waals surface area (Å²) >= 11 is 0. The van der Waals surface area contributed by atoms with Gasteiger partial charge in [0.05, 0.1) is 6.10 Å². The Balaban J connectivity index is 2.03. The van der Waals surface area contributed by atoms with E-state index in [-0.39, 0.29) is 11.9 Å². The lowest BCUT2D eigenvalue weighted by Gasteiger charge is -2.22. The van der Waals surface area contributed by atoms with E-state index >= 15 is 0 Å². The van der Waals surface area contributed by atoms with Crippen molar-refractivity contribution in [2.45, 2.75) is 26.0 Å². The molecule has 2 N–H and O–H groups in total. The zero-order valence-corrected chi connectivity index (χ0v) is 10.2. The molecule has 1 aromatic rings. The van der Waals surface area contributed by atoms with E-state index in [1.165, 1.54) is 6.07 Å². The van der Waals surface area contributed by atoms with Gasteiger partial charge in [-0.2, -0.15) is 0 Å². The lowest BCUT2D eigenvalue weighted by Crippen LogP contribution is -2.30. The van der Waals surface area contributed by atoms with Gasteiger partial charge in [0.1, 0.15) is 5.82 Å². The minimum absolute atomic E-state index is 0.217. The first-order valence-electron chi connectivity index (χ1n) is 6.03. The second kappa shape index (κ2) is 5.47. The first-order chi connectivity index (χ1) is 8.15. The molecule has 0 aromatic heterocycles. The third-order valence-corrected chi connectivity index (χ3v) is 3.01. The molecule has 1 heterocycles. The Labute approximate surface area is 101 Å². The molecule has 1 atom stereocenters. The minimum Gasteiger partial charge on any atom is -0.399 e. The molecule has 1 aliphatic heterocycles. The summed E-state index contributed by atoms with van der Waals surface area (Å²) in [4.78, 5) is 2.23. The molecule has 1 aliphatic rings. The van der Waals surface area contributed by atoms with Crippen LogP contribution in [0.4, 0.5) is 10.1 Å². The number of nitrogens with two attached hydrogens (primary N) is 1. The number of nitrogen functional groups attached to an aromatic ring is 1. The summed E-state index contributed by atoms with van der Waals surface area (Å²) in [5.41, 5.74) is 6.71. The van der Waals surface area contributed by atoms with Crippen molar-refractivity contribution in [1.82, 2.24) is 4.90 Å². The van der Waals surface area contributed by atoms with Crippen LogP contribution in [0.25, 0.3) is 0 Å². The van der Waals surface area contributed by atoms with E-state index in [1.54, 1.807) is 12.1 Å². The number of halogens is 1. The first-order valence-corrected chi connectivity index (χ1v) is 6.03. The van der Waals surface area contributed by atoms with Gasteiger partial charge in [-0.3, -0.25) is 4.90 Å².